The van der Waals surface area contributed by atoms with Crippen LogP contribution in [-0.4, -0.2) is 29.1 Å². The zero-order chi connectivity index (χ0) is 19.7. The molecule has 1 amide bonds. The maximum absolute atomic E-state index is 13.1. The minimum Gasteiger partial charge on any atom is -0.504 e. The summed E-state index contributed by atoms with van der Waals surface area (Å²) in [6, 6.07) is 18.6. The van der Waals surface area contributed by atoms with Crippen LogP contribution in [0, 0.1) is 6.92 Å². The molecular weight excluding hydrogens is 374 g/mol. The molecule has 4 nitrogen and oxygen atoms in total. The fourth-order valence-electron chi connectivity index (χ4n) is 3.49. The van der Waals surface area contributed by atoms with Crippen LogP contribution in [0.4, 0.5) is 0 Å². The Morgan fingerprint density at radius 1 is 1.07 bits per heavy atom. The summed E-state index contributed by atoms with van der Waals surface area (Å²) in [6.45, 7) is 3.07. The number of aryl methyl sites for hydroxylation is 1. The monoisotopic (exact) mass is 393 g/mol. The van der Waals surface area contributed by atoms with Crippen LogP contribution >= 0.6 is 11.6 Å². The van der Waals surface area contributed by atoms with Crippen LogP contribution in [0.3, 0.4) is 0 Å². The minimum atomic E-state index is -0.0396. The van der Waals surface area contributed by atoms with Gasteiger partial charge in [-0.05, 0) is 53.9 Å². The van der Waals surface area contributed by atoms with Crippen molar-refractivity contribution in [3.05, 3.63) is 82.4 Å². The first-order valence-corrected chi connectivity index (χ1v) is 9.50. The fourth-order valence-corrected chi connectivity index (χ4v) is 3.68. The van der Waals surface area contributed by atoms with Crippen molar-refractivity contribution in [3.8, 4) is 22.6 Å². The van der Waals surface area contributed by atoms with Gasteiger partial charge in [-0.3, -0.25) is 4.79 Å². The lowest BCUT2D eigenvalue weighted by molar-refractivity contribution is 0.0732. The summed E-state index contributed by atoms with van der Waals surface area (Å²) in [5, 5.41) is 11.1. The van der Waals surface area contributed by atoms with E-state index in [-0.39, 0.29) is 11.7 Å². The molecule has 3 aromatic rings. The normalized spacial score (nSPS) is 13.4. The van der Waals surface area contributed by atoms with Crippen LogP contribution in [0.25, 0.3) is 11.1 Å². The van der Waals surface area contributed by atoms with Crippen molar-refractivity contribution in [1.29, 1.82) is 0 Å². The average Bonchev–Trinajstić information content (AvgIpc) is 2.91. The number of carbonyl (C=O) groups excluding carboxylic acids is 1. The number of hydrogen-bond acceptors (Lipinski definition) is 3. The first kappa shape index (κ1) is 18.4. The van der Waals surface area contributed by atoms with E-state index in [0.29, 0.717) is 36.0 Å². The summed E-state index contributed by atoms with van der Waals surface area (Å²) < 4.78 is 5.77. The van der Waals surface area contributed by atoms with Gasteiger partial charge in [0.25, 0.3) is 5.91 Å². The molecule has 0 bridgehead atoms. The second-order valence-electron chi connectivity index (χ2n) is 6.88. The van der Waals surface area contributed by atoms with Gasteiger partial charge in [-0.2, -0.15) is 0 Å². The van der Waals surface area contributed by atoms with Gasteiger partial charge in [0.1, 0.15) is 6.61 Å². The zero-order valence-electron chi connectivity index (χ0n) is 15.5. The Hall–Kier alpha value is -2.98. The fraction of sp³-hybridized carbons (Fsp3) is 0.174. The molecule has 0 saturated carbocycles. The summed E-state index contributed by atoms with van der Waals surface area (Å²) >= 11 is 6.11. The molecule has 4 rings (SSSR count). The average molecular weight is 394 g/mol. The number of aromatic hydroxyl groups is 1. The standard InChI is InChI=1S/C23H20ClNO3/c1-15-5-2-3-8-20(15)23(27)25-9-10-28-22-18(14-25)11-17(13-21(22)26)16-6-4-7-19(24)12-16/h2-8,11-13,26H,9-10,14H2,1H3. The van der Waals surface area contributed by atoms with E-state index in [1.165, 1.54) is 0 Å². The van der Waals surface area contributed by atoms with Crippen molar-refractivity contribution in [1.82, 2.24) is 4.90 Å². The number of fused-ring (bicyclic) bond motifs is 1. The molecule has 0 aliphatic carbocycles. The van der Waals surface area contributed by atoms with E-state index in [4.69, 9.17) is 16.3 Å². The van der Waals surface area contributed by atoms with E-state index in [2.05, 4.69) is 0 Å². The van der Waals surface area contributed by atoms with Crippen LogP contribution in [0.2, 0.25) is 5.02 Å². The highest BCUT2D eigenvalue weighted by atomic mass is 35.5. The Morgan fingerprint density at radius 3 is 2.68 bits per heavy atom. The summed E-state index contributed by atoms with van der Waals surface area (Å²) in [7, 11) is 0. The molecule has 0 radical (unpaired) electrons. The smallest absolute Gasteiger partial charge is 0.254 e. The maximum atomic E-state index is 13.1. The number of benzene rings is 3. The van der Waals surface area contributed by atoms with Crippen molar-refractivity contribution in [3.63, 3.8) is 0 Å². The Kier molecular flexibility index (Phi) is 4.97. The molecule has 1 aliphatic rings. The highest BCUT2D eigenvalue weighted by molar-refractivity contribution is 6.30. The summed E-state index contributed by atoms with van der Waals surface area (Å²) in [5.74, 6) is 0.464. The van der Waals surface area contributed by atoms with E-state index in [1.807, 2.05) is 55.5 Å². The molecule has 1 N–H and O–H groups in total. The van der Waals surface area contributed by atoms with Crippen LogP contribution < -0.4 is 4.74 Å². The van der Waals surface area contributed by atoms with Gasteiger partial charge in [-0.25, -0.2) is 0 Å². The molecule has 0 unspecified atom stereocenters. The first-order valence-electron chi connectivity index (χ1n) is 9.12. The Bertz CT molecular complexity index is 1050. The molecule has 1 heterocycles. The third kappa shape index (κ3) is 3.56. The predicted molar refractivity (Wildman–Crippen MR) is 110 cm³/mol. The lowest BCUT2D eigenvalue weighted by Gasteiger charge is -2.21. The summed E-state index contributed by atoms with van der Waals surface area (Å²) in [4.78, 5) is 14.8. The van der Waals surface area contributed by atoms with Crippen molar-refractivity contribution >= 4 is 17.5 Å². The highest BCUT2D eigenvalue weighted by Gasteiger charge is 2.24. The van der Waals surface area contributed by atoms with Crippen LogP contribution in [0.1, 0.15) is 21.5 Å². The number of amides is 1. The molecule has 0 spiro atoms. The molecule has 28 heavy (non-hydrogen) atoms. The molecule has 0 atom stereocenters. The molecule has 3 aromatic carbocycles. The largest absolute Gasteiger partial charge is 0.504 e. The maximum Gasteiger partial charge on any atom is 0.254 e. The summed E-state index contributed by atoms with van der Waals surface area (Å²) in [5.41, 5.74) is 4.11. The van der Waals surface area contributed by atoms with Gasteiger partial charge in [0.05, 0.1) is 6.54 Å². The van der Waals surface area contributed by atoms with Gasteiger partial charge in [0.15, 0.2) is 11.5 Å². The van der Waals surface area contributed by atoms with Gasteiger partial charge in [-0.15, -0.1) is 0 Å². The van der Waals surface area contributed by atoms with E-state index < -0.39 is 0 Å². The third-order valence-corrected chi connectivity index (χ3v) is 5.17. The van der Waals surface area contributed by atoms with Crippen molar-refractivity contribution < 1.29 is 14.6 Å². The van der Waals surface area contributed by atoms with E-state index in [0.717, 1.165) is 22.3 Å². The van der Waals surface area contributed by atoms with Gasteiger partial charge in [0, 0.05) is 22.7 Å². The number of phenolic OH excluding ortho intramolecular Hbond substituents is 1. The molecule has 142 valence electrons. The number of carbonyl (C=O) groups is 1. The molecule has 0 aromatic heterocycles. The number of rotatable bonds is 2. The van der Waals surface area contributed by atoms with Gasteiger partial charge in [-0.1, -0.05) is 41.9 Å². The number of phenols is 1. The molecular formula is C23H20ClNO3. The predicted octanol–water partition coefficient (Wildman–Crippen LogP) is 5.06. The first-order chi connectivity index (χ1) is 13.5. The van der Waals surface area contributed by atoms with Crippen molar-refractivity contribution in [2.45, 2.75) is 13.5 Å². The van der Waals surface area contributed by atoms with Gasteiger partial charge in [0.2, 0.25) is 0 Å². The second kappa shape index (κ2) is 7.56. The van der Waals surface area contributed by atoms with Crippen LogP contribution in [-0.2, 0) is 6.54 Å². The van der Waals surface area contributed by atoms with Crippen LogP contribution in [0.15, 0.2) is 60.7 Å². The molecule has 5 heteroatoms. The Balaban J connectivity index is 1.71. The zero-order valence-corrected chi connectivity index (χ0v) is 16.2. The topological polar surface area (TPSA) is 49.8 Å². The minimum absolute atomic E-state index is 0.0396. The lowest BCUT2D eigenvalue weighted by atomic mass is 10.0. The van der Waals surface area contributed by atoms with Crippen LogP contribution in [0.5, 0.6) is 11.5 Å². The third-order valence-electron chi connectivity index (χ3n) is 4.94. The Morgan fingerprint density at radius 2 is 1.89 bits per heavy atom. The number of ether oxygens (including phenoxy) is 1. The highest BCUT2D eigenvalue weighted by Crippen LogP contribution is 2.38. The number of hydrogen-bond donors (Lipinski definition) is 1. The molecule has 0 fully saturated rings. The molecule has 1 aliphatic heterocycles. The lowest BCUT2D eigenvalue weighted by Crippen LogP contribution is -2.32. The van der Waals surface area contributed by atoms with E-state index >= 15 is 0 Å². The van der Waals surface area contributed by atoms with Gasteiger partial charge < -0.3 is 14.7 Å². The van der Waals surface area contributed by atoms with E-state index in [9.17, 15) is 9.90 Å². The SMILES string of the molecule is Cc1ccccc1C(=O)N1CCOc2c(O)cc(-c3cccc(Cl)c3)cc2C1. The molecule has 0 saturated heterocycles. The number of nitrogens with zero attached hydrogens (tertiary/aromatic N) is 1. The Labute approximate surface area is 168 Å². The van der Waals surface area contributed by atoms with E-state index in [1.54, 1.807) is 17.0 Å². The number of halogens is 1. The quantitative estimate of drug-likeness (QED) is 0.662. The van der Waals surface area contributed by atoms with Crippen molar-refractivity contribution in [2.75, 3.05) is 13.2 Å². The summed E-state index contributed by atoms with van der Waals surface area (Å²) in [6.07, 6.45) is 0. The van der Waals surface area contributed by atoms with Gasteiger partial charge >= 0.3 is 0 Å². The second-order valence-corrected chi connectivity index (χ2v) is 7.32. The van der Waals surface area contributed by atoms with Crippen molar-refractivity contribution in [2.24, 2.45) is 0 Å².